The third-order valence-corrected chi connectivity index (χ3v) is 2.60. The van der Waals surface area contributed by atoms with Gasteiger partial charge in [0.05, 0.1) is 18.6 Å². The predicted octanol–water partition coefficient (Wildman–Crippen LogP) is 0.880. The topological polar surface area (TPSA) is 71.1 Å². The normalized spacial score (nSPS) is 25.3. The summed E-state index contributed by atoms with van der Waals surface area (Å²) < 4.78 is 20.3. The van der Waals surface area contributed by atoms with Crippen LogP contribution >= 0.6 is 0 Å². The standard InChI is InChI=1S/C12H20O6/c1-4-8(2)12(14)16-6-10(13)18-11-7-15-5-9(3)17-11/h8-9,11H,4-7H2,1-3H3. The van der Waals surface area contributed by atoms with Gasteiger partial charge in [-0.05, 0) is 13.3 Å². The smallest absolute Gasteiger partial charge is 0.346 e. The molecule has 104 valence electrons. The molecule has 1 rings (SSSR count). The van der Waals surface area contributed by atoms with Crippen molar-refractivity contribution in [2.24, 2.45) is 5.92 Å². The molecule has 1 aliphatic rings. The molecule has 1 fully saturated rings. The van der Waals surface area contributed by atoms with E-state index in [1.54, 1.807) is 6.92 Å². The molecule has 0 aliphatic carbocycles. The van der Waals surface area contributed by atoms with Crippen molar-refractivity contribution >= 4 is 11.9 Å². The van der Waals surface area contributed by atoms with Crippen molar-refractivity contribution in [3.63, 3.8) is 0 Å². The number of hydrogen-bond donors (Lipinski definition) is 0. The van der Waals surface area contributed by atoms with Gasteiger partial charge in [-0.2, -0.15) is 0 Å². The number of carbonyl (C=O) groups is 2. The molecule has 1 saturated heterocycles. The molecule has 0 spiro atoms. The molecule has 0 aromatic heterocycles. The van der Waals surface area contributed by atoms with Gasteiger partial charge in [-0.1, -0.05) is 13.8 Å². The maximum absolute atomic E-state index is 11.4. The third kappa shape index (κ3) is 5.01. The molecule has 0 amide bonds. The van der Waals surface area contributed by atoms with Crippen molar-refractivity contribution in [1.82, 2.24) is 0 Å². The highest BCUT2D eigenvalue weighted by Gasteiger charge is 2.24. The van der Waals surface area contributed by atoms with Crippen molar-refractivity contribution < 1.29 is 28.5 Å². The van der Waals surface area contributed by atoms with Gasteiger partial charge < -0.3 is 18.9 Å². The Morgan fingerprint density at radius 2 is 2.11 bits per heavy atom. The summed E-state index contributed by atoms with van der Waals surface area (Å²) in [6.07, 6.45) is -0.159. The van der Waals surface area contributed by atoms with E-state index in [1.165, 1.54) is 0 Å². The zero-order valence-electron chi connectivity index (χ0n) is 11.0. The number of esters is 2. The Kier molecular flexibility index (Phi) is 6.07. The minimum atomic E-state index is -0.719. The van der Waals surface area contributed by atoms with E-state index in [0.717, 1.165) is 0 Å². The highest BCUT2D eigenvalue weighted by Crippen LogP contribution is 2.09. The van der Waals surface area contributed by atoms with Gasteiger partial charge in [0.15, 0.2) is 6.61 Å². The van der Waals surface area contributed by atoms with E-state index < -0.39 is 24.8 Å². The van der Waals surface area contributed by atoms with Gasteiger partial charge in [-0.25, -0.2) is 4.79 Å². The monoisotopic (exact) mass is 260 g/mol. The Labute approximate surface area is 107 Å². The molecule has 0 saturated carbocycles. The lowest BCUT2D eigenvalue weighted by Crippen LogP contribution is -2.38. The highest BCUT2D eigenvalue weighted by atomic mass is 16.7. The second kappa shape index (κ2) is 7.33. The molecule has 1 heterocycles. The van der Waals surface area contributed by atoms with Crippen LogP contribution in [0.1, 0.15) is 27.2 Å². The minimum Gasteiger partial charge on any atom is -0.453 e. The van der Waals surface area contributed by atoms with Crippen molar-refractivity contribution in [1.29, 1.82) is 0 Å². The Morgan fingerprint density at radius 3 is 2.72 bits per heavy atom. The lowest BCUT2D eigenvalue weighted by atomic mass is 10.1. The first-order chi connectivity index (χ1) is 8.52. The Hall–Kier alpha value is -1.14. The maximum atomic E-state index is 11.4. The second-order valence-corrected chi connectivity index (χ2v) is 4.32. The fourth-order valence-corrected chi connectivity index (χ4v) is 1.35. The van der Waals surface area contributed by atoms with Crippen LogP contribution in [0, 0.1) is 5.92 Å². The van der Waals surface area contributed by atoms with Crippen LogP contribution in [0.15, 0.2) is 0 Å². The van der Waals surface area contributed by atoms with Crippen LogP contribution < -0.4 is 0 Å². The first-order valence-electron chi connectivity index (χ1n) is 6.12. The van der Waals surface area contributed by atoms with Crippen LogP contribution in [0.5, 0.6) is 0 Å². The van der Waals surface area contributed by atoms with Crippen molar-refractivity contribution in [3.05, 3.63) is 0 Å². The highest BCUT2D eigenvalue weighted by molar-refractivity contribution is 5.77. The summed E-state index contributed by atoms with van der Waals surface area (Å²) >= 11 is 0. The van der Waals surface area contributed by atoms with Crippen LogP contribution in [0.2, 0.25) is 0 Å². The number of carbonyl (C=O) groups excluding carboxylic acids is 2. The Morgan fingerprint density at radius 1 is 1.39 bits per heavy atom. The van der Waals surface area contributed by atoms with E-state index >= 15 is 0 Å². The molecular formula is C12H20O6. The van der Waals surface area contributed by atoms with Gasteiger partial charge in [-0.3, -0.25) is 4.79 Å². The molecular weight excluding hydrogens is 240 g/mol. The van der Waals surface area contributed by atoms with Gasteiger partial charge in [0.25, 0.3) is 0 Å². The van der Waals surface area contributed by atoms with Gasteiger partial charge in [-0.15, -0.1) is 0 Å². The summed E-state index contributed by atoms with van der Waals surface area (Å²) in [6.45, 7) is 5.74. The predicted molar refractivity (Wildman–Crippen MR) is 61.7 cm³/mol. The van der Waals surface area contributed by atoms with Crippen molar-refractivity contribution in [2.75, 3.05) is 19.8 Å². The summed E-state index contributed by atoms with van der Waals surface area (Å²) in [5, 5.41) is 0. The molecule has 6 heteroatoms. The van der Waals surface area contributed by atoms with Crippen molar-refractivity contribution in [3.8, 4) is 0 Å². The van der Waals surface area contributed by atoms with E-state index in [2.05, 4.69) is 0 Å². The minimum absolute atomic E-state index is 0.112. The molecule has 6 nitrogen and oxygen atoms in total. The van der Waals surface area contributed by atoms with Crippen LogP contribution in [0.4, 0.5) is 0 Å². The Balaban J connectivity index is 2.23. The average molecular weight is 260 g/mol. The zero-order chi connectivity index (χ0) is 13.5. The third-order valence-electron chi connectivity index (χ3n) is 2.60. The molecule has 0 N–H and O–H groups in total. The summed E-state index contributed by atoms with van der Waals surface area (Å²) in [4.78, 5) is 22.7. The fraction of sp³-hybridized carbons (Fsp3) is 0.833. The summed E-state index contributed by atoms with van der Waals surface area (Å²) in [5.41, 5.74) is 0. The molecule has 18 heavy (non-hydrogen) atoms. The molecule has 1 aliphatic heterocycles. The summed E-state index contributed by atoms with van der Waals surface area (Å²) in [5.74, 6) is -1.25. The van der Waals surface area contributed by atoms with E-state index in [-0.39, 0.29) is 18.6 Å². The van der Waals surface area contributed by atoms with E-state index in [1.807, 2.05) is 13.8 Å². The fourth-order valence-electron chi connectivity index (χ4n) is 1.35. The molecule has 3 unspecified atom stereocenters. The lowest BCUT2D eigenvalue weighted by molar-refractivity contribution is -0.236. The first kappa shape index (κ1) is 14.9. The average Bonchev–Trinajstić information content (AvgIpc) is 2.35. The first-order valence-corrected chi connectivity index (χ1v) is 6.12. The molecule has 0 bridgehead atoms. The van der Waals surface area contributed by atoms with Crippen LogP contribution in [-0.4, -0.2) is 44.2 Å². The van der Waals surface area contributed by atoms with E-state index in [4.69, 9.17) is 18.9 Å². The maximum Gasteiger partial charge on any atom is 0.346 e. The van der Waals surface area contributed by atoms with Gasteiger partial charge in [0, 0.05) is 0 Å². The molecule has 0 radical (unpaired) electrons. The second-order valence-electron chi connectivity index (χ2n) is 4.32. The van der Waals surface area contributed by atoms with Crippen LogP contribution in [-0.2, 0) is 28.5 Å². The quantitative estimate of drug-likeness (QED) is 0.683. The van der Waals surface area contributed by atoms with Gasteiger partial charge in [0.1, 0.15) is 6.61 Å². The van der Waals surface area contributed by atoms with Crippen molar-refractivity contribution in [2.45, 2.75) is 39.6 Å². The van der Waals surface area contributed by atoms with E-state index in [9.17, 15) is 9.59 Å². The molecule has 0 aromatic rings. The van der Waals surface area contributed by atoms with Gasteiger partial charge in [0.2, 0.25) is 6.29 Å². The molecule has 0 aromatic carbocycles. The number of rotatable bonds is 5. The lowest BCUT2D eigenvalue weighted by Gasteiger charge is -2.27. The Bertz CT molecular complexity index is 290. The van der Waals surface area contributed by atoms with Crippen LogP contribution in [0.25, 0.3) is 0 Å². The SMILES string of the molecule is CCC(C)C(=O)OCC(=O)OC1COCC(C)O1. The zero-order valence-corrected chi connectivity index (χ0v) is 11.0. The van der Waals surface area contributed by atoms with Crippen LogP contribution in [0.3, 0.4) is 0 Å². The number of hydrogen-bond acceptors (Lipinski definition) is 6. The summed E-state index contributed by atoms with van der Waals surface area (Å²) in [7, 11) is 0. The van der Waals surface area contributed by atoms with E-state index in [0.29, 0.717) is 13.0 Å². The van der Waals surface area contributed by atoms with Gasteiger partial charge >= 0.3 is 11.9 Å². The largest absolute Gasteiger partial charge is 0.453 e. The number of ether oxygens (including phenoxy) is 4. The summed E-state index contributed by atoms with van der Waals surface area (Å²) in [6, 6.07) is 0. The molecule has 3 atom stereocenters.